The molecule has 0 aliphatic carbocycles. The van der Waals surface area contributed by atoms with Crippen LogP contribution in [-0.4, -0.2) is 14.1 Å². The van der Waals surface area contributed by atoms with Gasteiger partial charge in [-0.05, 0) is 6.07 Å². The van der Waals surface area contributed by atoms with Gasteiger partial charge in [0.15, 0.2) is 0 Å². The summed E-state index contributed by atoms with van der Waals surface area (Å²) in [6.45, 7) is 0.214. The first-order valence-electron chi connectivity index (χ1n) is 3.93. The van der Waals surface area contributed by atoms with Gasteiger partial charge in [0.05, 0.1) is 12.3 Å². The Morgan fingerprint density at radius 1 is 1.46 bits per heavy atom. The second-order valence-corrected chi connectivity index (χ2v) is 2.95. The molecule has 0 saturated heterocycles. The van der Waals surface area contributed by atoms with Gasteiger partial charge in [-0.3, -0.25) is 4.84 Å². The number of nitrogens with two attached hydrogens (primary N) is 1. The van der Waals surface area contributed by atoms with Crippen molar-refractivity contribution in [3.8, 4) is 0 Å². The fourth-order valence-corrected chi connectivity index (χ4v) is 1.27. The van der Waals surface area contributed by atoms with Crippen LogP contribution in [0.15, 0.2) is 18.2 Å². The highest BCUT2D eigenvalue weighted by Gasteiger charge is 2.09. The van der Waals surface area contributed by atoms with Crippen LogP contribution in [0, 0.1) is 5.82 Å². The normalized spacial score (nSPS) is 10.2. The lowest BCUT2D eigenvalue weighted by Gasteiger charge is -2.17. The van der Waals surface area contributed by atoms with Crippen LogP contribution in [0.5, 0.6) is 0 Å². The summed E-state index contributed by atoms with van der Waals surface area (Å²) in [7, 11) is 3.55. The fraction of sp³-hybridized carbons (Fsp3) is 0.333. The van der Waals surface area contributed by atoms with E-state index >= 15 is 0 Å². The molecule has 0 unspecified atom stereocenters. The molecule has 0 aromatic heterocycles. The first-order valence-corrected chi connectivity index (χ1v) is 3.93. The van der Waals surface area contributed by atoms with Crippen molar-refractivity contribution in [1.82, 2.24) is 0 Å². The van der Waals surface area contributed by atoms with E-state index in [9.17, 15) is 4.39 Å². The molecule has 0 aliphatic rings. The number of halogens is 1. The van der Waals surface area contributed by atoms with Gasteiger partial charge in [0.2, 0.25) is 0 Å². The topological polar surface area (TPSA) is 38.5 Å². The Morgan fingerprint density at radius 3 is 2.69 bits per heavy atom. The SMILES string of the molecule is CN(C)c1c(F)cccc1CON. The summed E-state index contributed by atoms with van der Waals surface area (Å²) in [6.07, 6.45) is 0. The maximum Gasteiger partial charge on any atom is 0.146 e. The molecule has 0 bridgehead atoms. The Labute approximate surface area is 76.9 Å². The molecule has 0 spiro atoms. The van der Waals surface area contributed by atoms with Crippen molar-refractivity contribution in [3.05, 3.63) is 29.6 Å². The van der Waals surface area contributed by atoms with Gasteiger partial charge in [-0.1, -0.05) is 12.1 Å². The molecule has 2 N–H and O–H groups in total. The second-order valence-electron chi connectivity index (χ2n) is 2.95. The van der Waals surface area contributed by atoms with Gasteiger partial charge in [-0.2, -0.15) is 0 Å². The minimum Gasteiger partial charge on any atom is -0.375 e. The van der Waals surface area contributed by atoms with Crippen LogP contribution >= 0.6 is 0 Å². The lowest BCUT2D eigenvalue weighted by molar-refractivity contribution is 0.124. The van der Waals surface area contributed by atoms with Crippen LogP contribution in [-0.2, 0) is 11.4 Å². The van der Waals surface area contributed by atoms with E-state index in [0.29, 0.717) is 5.69 Å². The quantitative estimate of drug-likeness (QED) is 0.719. The third-order valence-electron chi connectivity index (χ3n) is 1.76. The van der Waals surface area contributed by atoms with E-state index in [0.717, 1.165) is 5.56 Å². The van der Waals surface area contributed by atoms with Gasteiger partial charge in [0.25, 0.3) is 0 Å². The molecule has 1 aromatic carbocycles. The molecular weight excluding hydrogens is 171 g/mol. The first kappa shape index (κ1) is 9.95. The van der Waals surface area contributed by atoms with Gasteiger partial charge in [-0.25, -0.2) is 10.3 Å². The molecule has 0 fully saturated rings. The van der Waals surface area contributed by atoms with Crippen molar-refractivity contribution in [3.63, 3.8) is 0 Å². The van der Waals surface area contributed by atoms with E-state index in [1.165, 1.54) is 6.07 Å². The van der Waals surface area contributed by atoms with E-state index in [4.69, 9.17) is 5.90 Å². The second kappa shape index (κ2) is 4.20. The monoisotopic (exact) mass is 184 g/mol. The molecule has 0 saturated carbocycles. The zero-order valence-electron chi connectivity index (χ0n) is 7.75. The molecule has 4 heteroatoms. The summed E-state index contributed by atoms with van der Waals surface area (Å²) in [4.78, 5) is 6.18. The summed E-state index contributed by atoms with van der Waals surface area (Å²) in [5, 5.41) is 0. The summed E-state index contributed by atoms with van der Waals surface area (Å²) in [5.41, 5.74) is 1.26. The van der Waals surface area contributed by atoms with Crippen molar-refractivity contribution in [2.24, 2.45) is 5.90 Å². The molecular formula is C9H13FN2O. The van der Waals surface area contributed by atoms with Gasteiger partial charge in [0.1, 0.15) is 5.82 Å². The Morgan fingerprint density at radius 2 is 2.15 bits per heavy atom. The van der Waals surface area contributed by atoms with Crippen LogP contribution in [0.2, 0.25) is 0 Å². The summed E-state index contributed by atoms with van der Waals surface area (Å²) >= 11 is 0. The van der Waals surface area contributed by atoms with Gasteiger partial charge < -0.3 is 4.90 Å². The highest BCUT2D eigenvalue weighted by Crippen LogP contribution is 2.22. The number of rotatable bonds is 3. The number of hydrogen-bond acceptors (Lipinski definition) is 3. The summed E-state index contributed by atoms with van der Waals surface area (Å²) in [6, 6.07) is 4.83. The molecule has 72 valence electrons. The van der Waals surface area contributed by atoms with Crippen molar-refractivity contribution >= 4 is 5.69 Å². The third-order valence-corrected chi connectivity index (χ3v) is 1.76. The third kappa shape index (κ3) is 2.17. The van der Waals surface area contributed by atoms with Crippen molar-refractivity contribution in [1.29, 1.82) is 0 Å². The largest absolute Gasteiger partial charge is 0.375 e. The van der Waals surface area contributed by atoms with Crippen LogP contribution in [0.3, 0.4) is 0 Å². The lowest BCUT2D eigenvalue weighted by atomic mass is 10.1. The Hall–Kier alpha value is -1.13. The molecule has 0 aliphatic heterocycles. The number of para-hydroxylation sites is 1. The van der Waals surface area contributed by atoms with Crippen LogP contribution in [0.4, 0.5) is 10.1 Å². The molecule has 1 rings (SSSR count). The predicted octanol–water partition coefficient (Wildman–Crippen LogP) is 1.28. The molecule has 1 aromatic rings. The Bertz CT molecular complexity index is 289. The molecule has 0 heterocycles. The number of nitrogens with zero attached hydrogens (tertiary/aromatic N) is 1. The molecule has 0 amide bonds. The number of hydrogen-bond donors (Lipinski definition) is 1. The van der Waals surface area contributed by atoms with E-state index in [2.05, 4.69) is 4.84 Å². The summed E-state index contributed by atoms with van der Waals surface area (Å²) in [5.74, 6) is 4.67. The van der Waals surface area contributed by atoms with Crippen LogP contribution < -0.4 is 10.8 Å². The van der Waals surface area contributed by atoms with Crippen molar-refractivity contribution in [2.75, 3.05) is 19.0 Å². The van der Waals surface area contributed by atoms with Crippen molar-refractivity contribution < 1.29 is 9.23 Å². The average Bonchev–Trinajstić information content (AvgIpc) is 2.04. The highest BCUT2D eigenvalue weighted by atomic mass is 19.1. The number of anilines is 1. The van der Waals surface area contributed by atoms with Gasteiger partial charge in [-0.15, -0.1) is 0 Å². The molecule has 13 heavy (non-hydrogen) atoms. The predicted molar refractivity (Wildman–Crippen MR) is 49.7 cm³/mol. The minimum absolute atomic E-state index is 0.214. The molecule has 0 atom stereocenters. The standard InChI is InChI=1S/C9H13FN2O/c1-12(2)9-7(6-13-11)4-3-5-8(9)10/h3-5H,6,11H2,1-2H3. The maximum atomic E-state index is 13.3. The summed E-state index contributed by atoms with van der Waals surface area (Å²) < 4.78 is 13.3. The zero-order valence-corrected chi connectivity index (χ0v) is 7.75. The fourth-order valence-electron chi connectivity index (χ4n) is 1.27. The average molecular weight is 184 g/mol. The molecule has 0 radical (unpaired) electrons. The smallest absolute Gasteiger partial charge is 0.146 e. The van der Waals surface area contributed by atoms with E-state index in [1.54, 1.807) is 31.1 Å². The van der Waals surface area contributed by atoms with Crippen LogP contribution in [0.25, 0.3) is 0 Å². The first-order chi connectivity index (χ1) is 6.16. The van der Waals surface area contributed by atoms with E-state index < -0.39 is 0 Å². The molecule has 3 nitrogen and oxygen atoms in total. The number of benzene rings is 1. The zero-order chi connectivity index (χ0) is 9.84. The van der Waals surface area contributed by atoms with Gasteiger partial charge >= 0.3 is 0 Å². The van der Waals surface area contributed by atoms with Crippen LogP contribution in [0.1, 0.15) is 5.56 Å². The van der Waals surface area contributed by atoms with Gasteiger partial charge in [0, 0.05) is 19.7 Å². The highest BCUT2D eigenvalue weighted by molar-refractivity contribution is 5.53. The minimum atomic E-state index is -0.264. The van der Waals surface area contributed by atoms with Crippen molar-refractivity contribution in [2.45, 2.75) is 6.61 Å². The Kier molecular flexibility index (Phi) is 3.22. The van der Waals surface area contributed by atoms with E-state index in [1.807, 2.05) is 0 Å². The lowest BCUT2D eigenvalue weighted by Crippen LogP contribution is -2.14. The maximum absolute atomic E-state index is 13.3. The Balaban J connectivity index is 3.10. The van der Waals surface area contributed by atoms with E-state index in [-0.39, 0.29) is 12.4 Å².